The van der Waals surface area contributed by atoms with E-state index in [1.165, 1.54) is 0 Å². The minimum atomic E-state index is 0.0808. The lowest BCUT2D eigenvalue weighted by Gasteiger charge is -2.30. The van der Waals surface area contributed by atoms with E-state index in [1.807, 2.05) is 18.8 Å². The van der Waals surface area contributed by atoms with E-state index in [0.29, 0.717) is 6.04 Å². The van der Waals surface area contributed by atoms with Crippen LogP contribution in [0.5, 0.6) is 0 Å². The largest absolute Gasteiger partial charge is 0.384 e. The molecule has 1 unspecified atom stereocenters. The van der Waals surface area contributed by atoms with Crippen molar-refractivity contribution in [1.82, 2.24) is 10.2 Å². The standard InChI is InChI=1S/C15H27N5S/c1-6-10(9-21-5)20(4)15-13(14(16)17)11(7-2)12(8-3)18-19-15/h10H,6-9H2,1-5H3,(H3,16,17). The summed E-state index contributed by atoms with van der Waals surface area (Å²) < 4.78 is 0. The number of anilines is 1. The molecule has 0 radical (unpaired) electrons. The first-order valence-electron chi connectivity index (χ1n) is 7.46. The van der Waals surface area contributed by atoms with Crippen molar-refractivity contribution in [2.45, 2.75) is 46.1 Å². The minimum Gasteiger partial charge on any atom is -0.384 e. The highest BCUT2D eigenvalue weighted by Crippen LogP contribution is 2.25. The third-order valence-corrected chi connectivity index (χ3v) is 4.53. The molecule has 0 aliphatic carbocycles. The number of thioether (sulfide) groups is 1. The molecule has 21 heavy (non-hydrogen) atoms. The second kappa shape index (κ2) is 8.22. The number of nitrogens with two attached hydrogens (primary N) is 1. The molecule has 0 fully saturated rings. The van der Waals surface area contributed by atoms with Crippen LogP contribution in [0, 0.1) is 5.41 Å². The Morgan fingerprint density at radius 1 is 1.29 bits per heavy atom. The highest BCUT2D eigenvalue weighted by Gasteiger charge is 2.23. The average Bonchev–Trinajstić information content (AvgIpc) is 2.49. The van der Waals surface area contributed by atoms with Gasteiger partial charge in [0.1, 0.15) is 5.84 Å². The maximum Gasteiger partial charge on any atom is 0.162 e. The Hall–Kier alpha value is -1.30. The number of amidine groups is 1. The molecular weight excluding hydrogens is 282 g/mol. The van der Waals surface area contributed by atoms with Crippen molar-refractivity contribution in [1.29, 1.82) is 5.41 Å². The summed E-state index contributed by atoms with van der Waals surface area (Å²) in [5.74, 6) is 1.83. The summed E-state index contributed by atoms with van der Waals surface area (Å²) in [6, 6.07) is 0.365. The number of aromatic nitrogens is 2. The van der Waals surface area contributed by atoms with Crippen molar-refractivity contribution in [3.05, 3.63) is 16.8 Å². The van der Waals surface area contributed by atoms with Crippen LogP contribution in [0.3, 0.4) is 0 Å². The summed E-state index contributed by atoms with van der Waals surface area (Å²) >= 11 is 1.81. The van der Waals surface area contributed by atoms with E-state index >= 15 is 0 Å². The lowest BCUT2D eigenvalue weighted by molar-refractivity contribution is 0.657. The Kier molecular flexibility index (Phi) is 6.95. The van der Waals surface area contributed by atoms with Crippen LogP contribution in [0.1, 0.15) is 44.0 Å². The molecule has 0 amide bonds. The monoisotopic (exact) mass is 309 g/mol. The number of nitrogen functional groups attached to an aromatic ring is 1. The smallest absolute Gasteiger partial charge is 0.162 e. The molecule has 3 N–H and O–H groups in total. The Labute approximate surface area is 132 Å². The molecule has 0 saturated heterocycles. The van der Waals surface area contributed by atoms with Gasteiger partial charge >= 0.3 is 0 Å². The summed E-state index contributed by atoms with van der Waals surface area (Å²) in [6.07, 6.45) is 4.75. The van der Waals surface area contributed by atoms with E-state index in [4.69, 9.17) is 11.1 Å². The molecule has 5 nitrogen and oxygen atoms in total. The Morgan fingerprint density at radius 2 is 1.95 bits per heavy atom. The lowest BCUT2D eigenvalue weighted by Crippen LogP contribution is -2.36. The van der Waals surface area contributed by atoms with Crippen LogP contribution < -0.4 is 10.6 Å². The molecule has 0 spiro atoms. The summed E-state index contributed by atoms with van der Waals surface area (Å²) in [6.45, 7) is 6.30. The first-order chi connectivity index (χ1) is 10.0. The number of nitrogens with zero attached hydrogens (tertiary/aromatic N) is 3. The second-order valence-electron chi connectivity index (χ2n) is 5.07. The maximum atomic E-state index is 7.96. The minimum absolute atomic E-state index is 0.0808. The molecule has 6 heteroatoms. The van der Waals surface area contributed by atoms with Gasteiger partial charge in [-0.2, -0.15) is 16.9 Å². The van der Waals surface area contributed by atoms with Crippen molar-refractivity contribution in [2.75, 3.05) is 24.0 Å². The molecule has 0 aromatic carbocycles. The number of rotatable bonds is 8. The van der Waals surface area contributed by atoms with Gasteiger partial charge in [0.25, 0.3) is 0 Å². The van der Waals surface area contributed by atoms with E-state index in [-0.39, 0.29) is 5.84 Å². The number of nitrogens with one attached hydrogen (secondary N) is 1. The summed E-state index contributed by atoms with van der Waals surface area (Å²) in [5.41, 5.74) is 8.61. The highest BCUT2D eigenvalue weighted by molar-refractivity contribution is 7.98. The van der Waals surface area contributed by atoms with E-state index in [9.17, 15) is 0 Å². The third-order valence-electron chi connectivity index (χ3n) is 3.81. The molecule has 118 valence electrons. The topological polar surface area (TPSA) is 78.9 Å². The van der Waals surface area contributed by atoms with Crippen molar-refractivity contribution < 1.29 is 0 Å². The molecule has 1 aromatic rings. The van der Waals surface area contributed by atoms with E-state index in [2.05, 4.69) is 42.1 Å². The number of aryl methyl sites for hydroxylation is 1. The van der Waals surface area contributed by atoms with Gasteiger partial charge in [0.2, 0.25) is 0 Å². The molecule has 0 saturated carbocycles. The van der Waals surface area contributed by atoms with Gasteiger partial charge in [0.05, 0.1) is 11.3 Å². The van der Waals surface area contributed by atoms with Crippen molar-refractivity contribution in [3.8, 4) is 0 Å². The van der Waals surface area contributed by atoms with Crippen LogP contribution in [0.15, 0.2) is 0 Å². The van der Waals surface area contributed by atoms with Gasteiger partial charge in [0.15, 0.2) is 5.82 Å². The first-order valence-corrected chi connectivity index (χ1v) is 8.85. The van der Waals surface area contributed by atoms with Crippen LogP contribution in [0.25, 0.3) is 0 Å². The summed E-state index contributed by atoms with van der Waals surface area (Å²) in [4.78, 5) is 2.12. The Balaban J connectivity index is 3.38. The van der Waals surface area contributed by atoms with E-state index in [0.717, 1.165) is 47.7 Å². The Morgan fingerprint density at radius 3 is 2.38 bits per heavy atom. The SMILES string of the molecule is CCc1nnc(N(C)C(CC)CSC)c(C(=N)N)c1CC. The molecule has 0 bridgehead atoms. The predicted molar refractivity (Wildman–Crippen MR) is 92.7 cm³/mol. The Bertz CT molecular complexity index is 489. The third kappa shape index (κ3) is 3.87. The summed E-state index contributed by atoms with van der Waals surface area (Å²) in [5, 5.41) is 16.7. The van der Waals surface area contributed by atoms with Crippen LogP contribution in [-0.2, 0) is 12.8 Å². The maximum absolute atomic E-state index is 7.96. The number of hydrogen-bond donors (Lipinski definition) is 2. The fourth-order valence-electron chi connectivity index (χ4n) is 2.56. The summed E-state index contributed by atoms with van der Waals surface area (Å²) in [7, 11) is 2.02. The molecular formula is C15H27N5S. The first kappa shape index (κ1) is 17.8. The van der Waals surface area contributed by atoms with Gasteiger partial charge in [-0.15, -0.1) is 5.10 Å². The molecule has 0 aliphatic heterocycles. The van der Waals surface area contributed by atoms with Crippen molar-refractivity contribution >= 4 is 23.4 Å². The zero-order valence-electron chi connectivity index (χ0n) is 13.7. The second-order valence-corrected chi connectivity index (χ2v) is 5.98. The molecule has 1 heterocycles. The predicted octanol–water partition coefficient (Wildman–Crippen LogP) is 2.46. The quantitative estimate of drug-likeness (QED) is 0.569. The van der Waals surface area contributed by atoms with Gasteiger partial charge in [-0.3, -0.25) is 5.41 Å². The van der Waals surface area contributed by atoms with Crippen LogP contribution in [0.2, 0.25) is 0 Å². The normalized spacial score (nSPS) is 12.2. The van der Waals surface area contributed by atoms with Gasteiger partial charge in [-0.25, -0.2) is 0 Å². The van der Waals surface area contributed by atoms with Crippen LogP contribution in [0.4, 0.5) is 5.82 Å². The molecule has 1 aromatic heterocycles. The zero-order chi connectivity index (χ0) is 16.0. The highest BCUT2D eigenvalue weighted by atomic mass is 32.2. The molecule has 1 rings (SSSR count). The van der Waals surface area contributed by atoms with E-state index in [1.54, 1.807) is 0 Å². The number of hydrogen-bond acceptors (Lipinski definition) is 5. The average molecular weight is 309 g/mol. The van der Waals surface area contributed by atoms with Crippen molar-refractivity contribution in [3.63, 3.8) is 0 Å². The molecule has 1 atom stereocenters. The zero-order valence-corrected chi connectivity index (χ0v) is 14.5. The van der Waals surface area contributed by atoms with Gasteiger partial charge in [-0.1, -0.05) is 20.8 Å². The van der Waals surface area contributed by atoms with Crippen LogP contribution in [-0.4, -0.2) is 41.1 Å². The fraction of sp³-hybridized carbons (Fsp3) is 0.667. The lowest BCUT2D eigenvalue weighted by atomic mass is 10.0. The molecule has 0 aliphatic rings. The van der Waals surface area contributed by atoms with Gasteiger partial charge in [-0.05, 0) is 31.1 Å². The fourth-order valence-corrected chi connectivity index (χ4v) is 3.41. The van der Waals surface area contributed by atoms with Crippen LogP contribution >= 0.6 is 11.8 Å². The van der Waals surface area contributed by atoms with Crippen molar-refractivity contribution in [2.24, 2.45) is 5.73 Å². The van der Waals surface area contributed by atoms with E-state index < -0.39 is 0 Å². The van der Waals surface area contributed by atoms with Gasteiger partial charge < -0.3 is 10.6 Å². The van der Waals surface area contributed by atoms with Gasteiger partial charge in [0, 0.05) is 18.8 Å².